The zero-order valence-corrected chi connectivity index (χ0v) is 17.2. The molecular formula is C16H27IN4OS. The van der Waals surface area contributed by atoms with Crippen LogP contribution in [0, 0.1) is 0 Å². The van der Waals surface area contributed by atoms with Gasteiger partial charge in [0.1, 0.15) is 6.54 Å². The number of nitrogens with one attached hydrogen (secondary N) is 2. The standard InChI is InChI=1S/C16H26N4OS.HI/c1-20(2)15(21)13-19-16(18-11-12-22-3)17-10-9-14-7-5-4-6-8-14;/h4-8H,9-13H2,1-3H3,(H2,17,18,19);1H. The van der Waals surface area contributed by atoms with Gasteiger partial charge >= 0.3 is 0 Å². The zero-order valence-electron chi connectivity index (χ0n) is 14.0. The number of rotatable bonds is 8. The molecule has 0 radical (unpaired) electrons. The van der Waals surface area contributed by atoms with Crippen LogP contribution in [0.25, 0.3) is 0 Å². The minimum absolute atomic E-state index is 0. The van der Waals surface area contributed by atoms with Crippen LogP contribution in [0.1, 0.15) is 5.56 Å². The Kier molecular flexibility index (Phi) is 12.9. The van der Waals surface area contributed by atoms with Crippen molar-refractivity contribution in [2.24, 2.45) is 4.99 Å². The Morgan fingerprint density at radius 2 is 1.83 bits per heavy atom. The highest BCUT2D eigenvalue weighted by molar-refractivity contribution is 14.0. The second-order valence-electron chi connectivity index (χ2n) is 5.03. The summed E-state index contributed by atoms with van der Waals surface area (Å²) in [5, 5.41) is 6.53. The third kappa shape index (κ3) is 10.4. The number of halogens is 1. The van der Waals surface area contributed by atoms with Gasteiger partial charge in [0.25, 0.3) is 0 Å². The molecule has 0 saturated heterocycles. The Bertz CT molecular complexity index is 468. The van der Waals surface area contributed by atoms with Crippen LogP contribution in [0.4, 0.5) is 0 Å². The Morgan fingerprint density at radius 1 is 1.17 bits per heavy atom. The lowest BCUT2D eigenvalue weighted by Gasteiger charge is -2.13. The highest BCUT2D eigenvalue weighted by Crippen LogP contribution is 1.98. The summed E-state index contributed by atoms with van der Waals surface area (Å²) in [6, 6.07) is 10.3. The topological polar surface area (TPSA) is 56.7 Å². The van der Waals surface area contributed by atoms with E-state index < -0.39 is 0 Å². The summed E-state index contributed by atoms with van der Waals surface area (Å²) < 4.78 is 0. The molecule has 1 aromatic rings. The molecule has 0 aliphatic carbocycles. The Labute approximate surface area is 160 Å². The molecule has 0 atom stereocenters. The van der Waals surface area contributed by atoms with Gasteiger partial charge in [0.05, 0.1) is 0 Å². The molecule has 0 fully saturated rings. The SMILES string of the molecule is CSCCNC(=NCC(=O)N(C)C)NCCc1ccccc1.I. The lowest BCUT2D eigenvalue weighted by atomic mass is 10.1. The van der Waals surface area contributed by atoms with E-state index >= 15 is 0 Å². The smallest absolute Gasteiger partial charge is 0.243 e. The molecule has 130 valence electrons. The van der Waals surface area contributed by atoms with E-state index in [1.807, 2.05) is 18.2 Å². The summed E-state index contributed by atoms with van der Waals surface area (Å²) in [4.78, 5) is 17.5. The van der Waals surface area contributed by atoms with Crippen molar-refractivity contribution in [3.63, 3.8) is 0 Å². The number of aliphatic imine (C=N–C) groups is 1. The van der Waals surface area contributed by atoms with Gasteiger partial charge in [-0.1, -0.05) is 30.3 Å². The quantitative estimate of drug-likeness (QED) is 0.275. The second-order valence-corrected chi connectivity index (χ2v) is 6.02. The number of nitrogens with zero attached hydrogens (tertiary/aromatic N) is 2. The van der Waals surface area contributed by atoms with Crippen LogP contribution < -0.4 is 10.6 Å². The summed E-state index contributed by atoms with van der Waals surface area (Å²) in [6.45, 7) is 1.77. The number of carbonyl (C=O) groups is 1. The summed E-state index contributed by atoms with van der Waals surface area (Å²) in [5.74, 6) is 1.69. The van der Waals surface area contributed by atoms with E-state index in [2.05, 4.69) is 34.0 Å². The van der Waals surface area contributed by atoms with Crippen molar-refractivity contribution < 1.29 is 4.79 Å². The van der Waals surface area contributed by atoms with Crippen LogP contribution in [0.15, 0.2) is 35.3 Å². The first kappa shape index (κ1) is 22.0. The molecule has 0 aliphatic rings. The van der Waals surface area contributed by atoms with E-state index in [1.54, 1.807) is 30.8 Å². The maximum atomic E-state index is 11.6. The van der Waals surface area contributed by atoms with E-state index in [4.69, 9.17) is 0 Å². The molecule has 0 unspecified atom stereocenters. The van der Waals surface area contributed by atoms with Gasteiger partial charge in [0.15, 0.2) is 5.96 Å². The van der Waals surface area contributed by atoms with Crippen LogP contribution in [-0.2, 0) is 11.2 Å². The van der Waals surface area contributed by atoms with Crippen molar-refractivity contribution in [3.8, 4) is 0 Å². The first-order chi connectivity index (χ1) is 10.6. The Balaban J connectivity index is 0.00000484. The van der Waals surface area contributed by atoms with E-state index in [0.717, 1.165) is 25.3 Å². The Hall–Kier alpha value is -0.960. The highest BCUT2D eigenvalue weighted by atomic mass is 127. The van der Waals surface area contributed by atoms with Crippen LogP contribution in [-0.4, -0.2) is 62.5 Å². The van der Waals surface area contributed by atoms with Gasteiger partial charge in [-0.05, 0) is 18.2 Å². The lowest BCUT2D eigenvalue weighted by Crippen LogP contribution is -2.40. The zero-order chi connectivity index (χ0) is 16.2. The fourth-order valence-electron chi connectivity index (χ4n) is 1.70. The fraction of sp³-hybridized carbons (Fsp3) is 0.500. The van der Waals surface area contributed by atoms with Crippen LogP contribution in [0.2, 0.25) is 0 Å². The number of amides is 1. The van der Waals surface area contributed by atoms with Gasteiger partial charge in [-0.25, -0.2) is 4.99 Å². The number of hydrogen-bond donors (Lipinski definition) is 2. The number of hydrogen-bond acceptors (Lipinski definition) is 3. The van der Waals surface area contributed by atoms with Crippen molar-refractivity contribution in [2.45, 2.75) is 6.42 Å². The number of guanidine groups is 1. The third-order valence-electron chi connectivity index (χ3n) is 3.02. The lowest BCUT2D eigenvalue weighted by molar-refractivity contribution is -0.127. The van der Waals surface area contributed by atoms with Crippen molar-refractivity contribution in [1.29, 1.82) is 0 Å². The maximum Gasteiger partial charge on any atom is 0.243 e. The average molecular weight is 450 g/mol. The second kappa shape index (κ2) is 13.5. The average Bonchev–Trinajstić information content (AvgIpc) is 2.52. The van der Waals surface area contributed by atoms with E-state index in [9.17, 15) is 4.79 Å². The molecular weight excluding hydrogens is 423 g/mol. The summed E-state index contributed by atoms with van der Waals surface area (Å²) >= 11 is 1.77. The summed E-state index contributed by atoms with van der Waals surface area (Å²) in [6.07, 6.45) is 2.99. The van der Waals surface area contributed by atoms with Crippen LogP contribution in [0.3, 0.4) is 0 Å². The third-order valence-corrected chi connectivity index (χ3v) is 3.63. The predicted molar refractivity (Wildman–Crippen MR) is 111 cm³/mol. The molecule has 0 bridgehead atoms. The molecule has 7 heteroatoms. The summed E-state index contributed by atoms with van der Waals surface area (Å²) in [7, 11) is 3.48. The van der Waals surface area contributed by atoms with Gasteiger partial charge in [0, 0.05) is 32.9 Å². The van der Waals surface area contributed by atoms with E-state index in [0.29, 0.717) is 5.96 Å². The molecule has 2 N–H and O–H groups in total. The molecule has 1 aromatic carbocycles. The van der Waals surface area contributed by atoms with Gasteiger partial charge in [0.2, 0.25) is 5.91 Å². The van der Waals surface area contributed by atoms with Crippen molar-refractivity contribution in [1.82, 2.24) is 15.5 Å². The van der Waals surface area contributed by atoms with E-state index in [-0.39, 0.29) is 36.4 Å². The molecule has 0 aliphatic heterocycles. The largest absolute Gasteiger partial charge is 0.356 e. The van der Waals surface area contributed by atoms with Crippen molar-refractivity contribution >= 4 is 47.6 Å². The Morgan fingerprint density at radius 3 is 2.43 bits per heavy atom. The number of likely N-dealkylation sites (N-methyl/N-ethyl adjacent to an activating group) is 1. The monoisotopic (exact) mass is 450 g/mol. The van der Waals surface area contributed by atoms with Crippen molar-refractivity contribution in [3.05, 3.63) is 35.9 Å². The normalized spacial score (nSPS) is 10.7. The first-order valence-electron chi connectivity index (χ1n) is 7.38. The van der Waals surface area contributed by atoms with Gasteiger partial charge in [-0.3, -0.25) is 4.79 Å². The predicted octanol–water partition coefficient (Wildman–Crippen LogP) is 1.83. The minimum atomic E-state index is -0.00553. The number of carbonyl (C=O) groups excluding carboxylic acids is 1. The van der Waals surface area contributed by atoms with Crippen LogP contribution in [0.5, 0.6) is 0 Å². The molecule has 23 heavy (non-hydrogen) atoms. The molecule has 0 spiro atoms. The van der Waals surface area contributed by atoms with Gasteiger partial charge in [-0.2, -0.15) is 11.8 Å². The molecule has 0 heterocycles. The van der Waals surface area contributed by atoms with Crippen molar-refractivity contribution in [2.75, 3.05) is 45.7 Å². The summed E-state index contributed by atoms with van der Waals surface area (Å²) in [5.41, 5.74) is 1.28. The van der Waals surface area contributed by atoms with E-state index in [1.165, 1.54) is 5.56 Å². The number of thioether (sulfide) groups is 1. The minimum Gasteiger partial charge on any atom is -0.356 e. The maximum absolute atomic E-state index is 11.6. The molecule has 0 aromatic heterocycles. The van der Waals surface area contributed by atoms with Crippen LogP contribution >= 0.6 is 35.7 Å². The molecule has 5 nitrogen and oxygen atoms in total. The highest BCUT2D eigenvalue weighted by Gasteiger charge is 2.04. The molecule has 1 amide bonds. The molecule has 0 saturated carbocycles. The number of benzene rings is 1. The molecule has 1 rings (SSSR count). The fourth-order valence-corrected chi connectivity index (χ4v) is 2.01. The first-order valence-corrected chi connectivity index (χ1v) is 8.78. The van der Waals surface area contributed by atoms with Gasteiger partial charge in [-0.15, -0.1) is 24.0 Å². The van der Waals surface area contributed by atoms with Gasteiger partial charge < -0.3 is 15.5 Å².